The van der Waals surface area contributed by atoms with Crippen LogP contribution in [0.5, 0.6) is 0 Å². The van der Waals surface area contributed by atoms with Gasteiger partial charge in [0.1, 0.15) is 0 Å². The molecule has 0 saturated heterocycles. The molecule has 1 aromatic carbocycles. The second kappa shape index (κ2) is 10.3. The van der Waals surface area contributed by atoms with E-state index in [1.54, 1.807) is 10.8 Å². The molecule has 0 aliphatic heterocycles. The zero-order chi connectivity index (χ0) is 16.0. The molecule has 0 spiro atoms. The summed E-state index contributed by atoms with van der Waals surface area (Å²) in [7, 11) is 3.24. The standard InChI is InChI=1S/C14H17Cl5S2/c1-3-5-6-8(4-2)7-20-21-14-12(18)10(16)9(15)11(17)13(14)19/h8H,3-7H2,1-2H3. The van der Waals surface area contributed by atoms with Crippen LogP contribution in [-0.4, -0.2) is 5.75 Å². The number of rotatable bonds is 8. The molecular formula is C14H17Cl5S2. The summed E-state index contributed by atoms with van der Waals surface area (Å²) in [6, 6.07) is 0. The van der Waals surface area contributed by atoms with E-state index in [2.05, 4.69) is 13.8 Å². The van der Waals surface area contributed by atoms with Gasteiger partial charge >= 0.3 is 0 Å². The average molecular weight is 427 g/mol. The topological polar surface area (TPSA) is 0 Å². The molecule has 7 heteroatoms. The van der Waals surface area contributed by atoms with E-state index in [1.165, 1.54) is 36.5 Å². The number of benzene rings is 1. The third-order valence-corrected chi connectivity index (χ3v) is 8.22. The lowest BCUT2D eigenvalue weighted by molar-refractivity contribution is 0.500. The summed E-state index contributed by atoms with van der Waals surface area (Å²) in [5.41, 5.74) is 0. The molecule has 1 aromatic rings. The van der Waals surface area contributed by atoms with Gasteiger partial charge in [-0.05, 0) is 12.3 Å². The monoisotopic (exact) mass is 424 g/mol. The van der Waals surface area contributed by atoms with Crippen LogP contribution in [0.3, 0.4) is 0 Å². The van der Waals surface area contributed by atoms with Gasteiger partial charge in [0.25, 0.3) is 0 Å². The largest absolute Gasteiger partial charge is 0.0886 e. The molecule has 120 valence electrons. The Morgan fingerprint density at radius 3 is 1.86 bits per heavy atom. The van der Waals surface area contributed by atoms with Gasteiger partial charge in [-0.1, -0.05) is 113 Å². The zero-order valence-corrected chi connectivity index (χ0v) is 17.2. The van der Waals surface area contributed by atoms with Crippen molar-refractivity contribution in [1.82, 2.24) is 0 Å². The van der Waals surface area contributed by atoms with Crippen LogP contribution in [0, 0.1) is 5.92 Å². The van der Waals surface area contributed by atoms with Gasteiger partial charge in [0.15, 0.2) is 0 Å². The van der Waals surface area contributed by atoms with E-state index in [1.807, 2.05) is 0 Å². The van der Waals surface area contributed by atoms with Crippen LogP contribution in [0.4, 0.5) is 0 Å². The summed E-state index contributed by atoms with van der Waals surface area (Å²) >= 11 is 30.5. The van der Waals surface area contributed by atoms with E-state index < -0.39 is 0 Å². The summed E-state index contributed by atoms with van der Waals surface area (Å²) in [4.78, 5) is 0.688. The molecule has 1 unspecified atom stereocenters. The van der Waals surface area contributed by atoms with Crippen molar-refractivity contribution in [3.05, 3.63) is 25.1 Å². The maximum atomic E-state index is 6.21. The van der Waals surface area contributed by atoms with Crippen LogP contribution in [-0.2, 0) is 0 Å². The maximum Gasteiger partial charge on any atom is 0.0809 e. The number of unbranched alkanes of at least 4 members (excludes halogenated alkanes) is 1. The van der Waals surface area contributed by atoms with Gasteiger partial charge in [-0.15, -0.1) is 0 Å². The second-order valence-electron chi connectivity index (χ2n) is 4.68. The van der Waals surface area contributed by atoms with Crippen molar-refractivity contribution < 1.29 is 0 Å². The highest BCUT2D eigenvalue weighted by atomic mass is 35.5. The third kappa shape index (κ3) is 5.74. The number of hydrogen-bond acceptors (Lipinski definition) is 2. The van der Waals surface area contributed by atoms with Crippen molar-refractivity contribution in [2.45, 2.75) is 44.4 Å². The lowest BCUT2D eigenvalue weighted by Crippen LogP contribution is -2.01. The van der Waals surface area contributed by atoms with E-state index in [0.717, 1.165) is 5.75 Å². The quantitative estimate of drug-likeness (QED) is 0.231. The van der Waals surface area contributed by atoms with Gasteiger partial charge in [-0.2, -0.15) is 0 Å². The van der Waals surface area contributed by atoms with E-state index in [9.17, 15) is 0 Å². The Kier molecular flexibility index (Phi) is 9.99. The van der Waals surface area contributed by atoms with Crippen LogP contribution in [0.1, 0.15) is 39.5 Å². The minimum Gasteiger partial charge on any atom is -0.0886 e. The van der Waals surface area contributed by atoms with Crippen LogP contribution in [0.2, 0.25) is 25.1 Å². The molecule has 0 radical (unpaired) electrons. The fourth-order valence-corrected chi connectivity index (χ4v) is 6.27. The predicted octanol–water partition coefficient (Wildman–Crippen LogP) is 8.91. The SMILES string of the molecule is CCCCC(CC)CSSc1c(Cl)c(Cl)c(Cl)c(Cl)c1Cl. The molecule has 0 heterocycles. The molecule has 0 nitrogen and oxygen atoms in total. The first kappa shape index (κ1) is 20.4. The lowest BCUT2D eigenvalue weighted by atomic mass is 10.0. The minimum atomic E-state index is 0.206. The zero-order valence-electron chi connectivity index (χ0n) is 11.8. The Morgan fingerprint density at radius 2 is 1.38 bits per heavy atom. The maximum absolute atomic E-state index is 6.21. The van der Waals surface area contributed by atoms with E-state index in [-0.39, 0.29) is 15.1 Å². The summed E-state index contributed by atoms with van der Waals surface area (Å²) in [5.74, 6) is 1.75. The van der Waals surface area contributed by atoms with Crippen LogP contribution < -0.4 is 0 Å². The second-order valence-corrected chi connectivity index (χ2v) is 8.92. The molecule has 21 heavy (non-hydrogen) atoms. The van der Waals surface area contributed by atoms with Crippen molar-refractivity contribution in [2.75, 3.05) is 5.75 Å². The molecule has 0 aliphatic rings. The van der Waals surface area contributed by atoms with E-state index in [0.29, 0.717) is 20.9 Å². The molecule has 0 aliphatic carbocycles. The summed E-state index contributed by atoms with van der Waals surface area (Å²) in [6.45, 7) is 4.44. The van der Waals surface area contributed by atoms with Crippen molar-refractivity contribution in [1.29, 1.82) is 0 Å². The summed E-state index contributed by atoms with van der Waals surface area (Å²) < 4.78 is 0. The molecular weight excluding hydrogens is 410 g/mol. The Hall–Kier alpha value is 1.37. The van der Waals surface area contributed by atoms with E-state index >= 15 is 0 Å². The highest BCUT2D eigenvalue weighted by Crippen LogP contribution is 2.50. The molecule has 1 atom stereocenters. The first-order valence-corrected chi connectivity index (χ1v) is 11.0. The molecule has 0 amide bonds. The van der Waals surface area contributed by atoms with Crippen LogP contribution in [0.25, 0.3) is 0 Å². The van der Waals surface area contributed by atoms with Crippen molar-refractivity contribution in [3.63, 3.8) is 0 Å². The van der Waals surface area contributed by atoms with Crippen LogP contribution >= 0.6 is 79.6 Å². The first-order chi connectivity index (χ1) is 9.93. The van der Waals surface area contributed by atoms with Gasteiger partial charge < -0.3 is 0 Å². The average Bonchev–Trinajstić information content (AvgIpc) is 2.49. The van der Waals surface area contributed by atoms with Gasteiger partial charge in [0.05, 0.1) is 30.0 Å². The minimum absolute atomic E-state index is 0.206. The predicted molar refractivity (Wildman–Crippen MR) is 103 cm³/mol. The number of halogens is 5. The molecule has 0 bridgehead atoms. The Balaban J connectivity index is 2.72. The van der Waals surface area contributed by atoms with Crippen molar-refractivity contribution >= 4 is 79.6 Å². The Labute approximate surface area is 160 Å². The fourth-order valence-electron chi connectivity index (χ4n) is 1.75. The summed E-state index contributed by atoms with van der Waals surface area (Å²) in [5, 5.41) is 1.46. The van der Waals surface area contributed by atoms with Gasteiger partial charge in [0.2, 0.25) is 0 Å². The van der Waals surface area contributed by atoms with E-state index in [4.69, 9.17) is 58.0 Å². The summed E-state index contributed by atoms with van der Waals surface area (Å²) in [6.07, 6.45) is 4.93. The van der Waals surface area contributed by atoms with Gasteiger partial charge in [0, 0.05) is 5.75 Å². The van der Waals surface area contributed by atoms with Crippen molar-refractivity contribution in [3.8, 4) is 0 Å². The highest BCUT2D eigenvalue weighted by molar-refractivity contribution is 8.76. The lowest BCUT2D eigenvalue weighted by Gasteiger charge is -2.15. The molecule has 0 fully saturated rings. The third-order valence-electron chi connectivity index (χ3n) is 3.16. The smallest absolute Gasteiger partial charge is 0.0809 e. The molecule has 1 rings (SSSR count). The normalized spacial score (nSPS) is 12.7. The fraction of sp³-hybridized carbons (Fsp3) is 0.571. The number of hydrogen-bond donors (Lipinski definition) is 0. The van der Waals surface area contributed by atoms with Gasteiger partial charge in [-0.25, -0.2) is 0 Å². The van der Waals surface area contributed by atoms with Crippen molar-refractivity contribution in [2.24, 2.45) is 5.92 Å². The molecule has 0 saturated carbocycles. The molecule has 0 N–H and O–H groups in total. The highest BCUT2D eigenvalue weighted by Gasteiger charge is 2.20. The molecule has 0 aromatic heterocycles. The van der Waals surface area contributed by atoms with Gasteiger partial charge in [-0.3, -0.25) is 0 Å². The Bertz CT molecular complexity index is 450. The first-order valence-electron chi connectivity index (χ1n) is 6.74. The Morgan fingerprint density at radius 1 is 0.857 bits per heavy atom. The van der Waals surface area contributed by atoms with Crippen LogP contribution in [0.15, 0.2) is 4.90 Å².